The number of rotatable bonds is 4. The molecule has 1 aromatic rings. The number of nitrogens with zero attached hydrogens (tertiary/aromatic N) is 1. The van der Waals surface area contributed by atoms with Crippen LogP contribution < -0.4 is 5.32 Å². The number of nitrogens with one attached hydrogen (secondary N) is 1. The molecule has 7 heteroatoms. The van der Waals surface area contributed by atoms with E-state index in [0.29, 0.717) is 29.5 Å². The van der Waals surface area contributed by atoms with Gasteiger partial charge in [0.15, 0.2) is 0 Å². The lowest BCUT2D eigenvalue weighted by molar-refractivity contribution is -0.142. The lowest BCUT2D eigenvalue weighted by atomic mass is 9.95. The van der Waals surface area contributed by atoms with Crippen molar-refractivity contribution in [3.63, 3.8) is 0 Å². The number of thiol groups is 1. The van der Waals surface area contributed by atoms with Gasteiger partial charge in [0.1, 0.15) is 11.3 Å². The molecule has 2 saturated heterocycles. The summed E-state index contributed by atoms with van der Waals surface area (Å²) >= 11 is 10.7. The van der Waals surface area contributed by atoms with Gasteiger partial charge >= 0.3 is 5.97 Å². The highest BCUT2D eigenvalue weighted by Gasteiger charge is 2.95. The molecule has 126 valence electrons. The molecule has 2 saturated carbocycles. The van der Waals surface area contributed by atoms with E-state index in [2.05, 4.69) is 22.8 Å². The fraction of sp³-hybridized carbons (Fsp3) is 0.471. The molecule has 0 amide bonds. The van der Waals surface area contributed by atoms with Gasteiger partial charge in [-0.3, -0.25) is 4.79 Å². The largest absolute Gasteiger partial charge is 0.466 e. The number of halogens is 2. The Kier molecular flexibility index (Phi) is 2.86. The maximum Gasteiger partial charge on any atom is 0.311 e. The highest BCUT2D eigenvalue weighted by atomic mass is 35.5. The number of hydrogen-bond donors (Lipinski definition) is 2. The lowest BCUT2D eigenvalue weighted by Gasteiger charge is -2.21. The van der Waals surface area contributed by atoms with Crippen molar-refractivity contribution >= 4 is 30.2 Å². The van der Waals surface area contributed by atoms with Crippen LogP contribution in [0, 0.1) is 17.7 Å². The average molecular weight is 367 g/mol. The van der Waals surface area contributed by atoms with Crippen molar-refractivity contribution in [3.8, 4) is 0 Å². The van der Waals surface area contributed by atoms with Crippen LogP contribution in [0.4, 0.5) is 4.39 Å². The van der Waals surface area contributed by atoms with Crippen LogP contribution in [0.3, 0.4) is 0 Å². The zero-order valence-electron chi connectivity index (χ0n) is 12.9. The van der Waals surface area contributed by atoms with E-state index in [1.807, 2.05) is 6.07 Å². The number of esters is 1. The van der Waals surface area contributed by atoms with Gasteiger partial charge in [0.05, 0.1) is 13.0 Å². The molecule has 0 spiro atoms. The number of carbonyl (C=O) groups is 1. The Morgan fingerprint density at radius 2 is 2.29 bits per heavy atom. The molecule has 0 aromatic heterocycles. The molecule has 4 nitrogen and oxygen atoms in total. The second-order valence-electron chi connectivity index (χ2n) is 6.81. The van der Waals surface area contributed by atoms with E-state index < -0.39 is 0 Å². The second-order valence-corrected chi connectivity index (χ2v) is 7.74. The van der Waals surface area contributed by atoms with Gasteiger partial charge in [0.25, 0.3) is 0 Å². The highest BCUT2D eigenvalue weighted by molar-refractivity contribution is 7.80. The predicted octanol–water partition coefficient (Wildman–Crippen LogP) is 2.64. The maximum absolute atomic E-state index is 13.8. The Labute approximate surface area is 149 Å². The molecule has 6 rings (SSSR count). The van der Waals surface area contributed by atoms with Gasteiger partial charge in [-0.15, -0.1) is 12.6 Å². The number of carbonyl (C=O) groups excluding carboxylic acids is 1. The van der Waals surface area contributed by atoms with Gasteiger partial charge in [-0.1, -0.05) is 11.6 Å². The Morgan fingerprint density at radius 1 is 1.50 bits per heavy atom. The fourth-order valence-corrected chi connectivity index (χ4v) is 5.62. The summed E-state index contributed by atoms with van der Waals surface area (Å²) in [5.74, 6) is 0.274. The molecular weight excluding hydrogens is 351 g/mol. The van der Waals surface area contributed by atoms with Crippen LogP contribution in [-0.4, -0.2) is 29.0 Å². The third-order valence-electron chi connectivity index (χ3n) is 5.77. The third-order valence-corrected chi connectivity index (χ3v) is 6.37. The summed E-state index contributed by atoms with van der Waals surface area (Å²) in [5.41, 5.74) is 2.83. The fourth-order valence-electron chi connectivity index (χ4n) is 4.98. The van der Waals surface area contributed by atoms with Gasteiger partial charge in [0, 0.05) is 39.7 Å². The van der Waals surface area contributed by atoms with Gasteiger partial charge < -0.3 is 15.0 Å². The number of piperidine rings is 1. The molecule has 2 aliphatic carbocycles. The van der Waals surface area contributed by atoms with Crippen molar-refractivity contribution in [1.82, 2.24) is 10.2 Å². The number of allylic oxidation sites excluding steroid dienone is 1. The van der Waals surface area contributed by atoms with E-state index in [9.17, 15) is 9.18 Å². The number of ether oxygens (including phenoxy) is 1. The molecular formula is C17H16ClFN2O2S. The maximum atomic E-state index is 13.8. The van der Waals surface area contributed by atoms with Crippen molar-refractivity contribution < 1.29 is 13.9 Å². The van der Waals surface area contributed by atoms with Gasteiger partial charge in [-0.05, 0) is 30.7 Å². The van der Waals surface area contributed by atoms with Gasteiger partial charge in [0.2, 0.25) is 0 Å². The van der Waals surface area contributed by atoms with Crippen molar-refractivity contribution in [1.29, 1.82) is 0 Å². The van der Waals surface area contributed by atoms with Crippen molar-refractivity contribution in [2.45, 2.75) is 30.3 Å². The molecule has 1 N–H and O–H groups in total. The van der Waals surface area contributed by atoms with E-state index in [4.69, 9.17) is 16.3 Å². The summed E-state index contributed by atoms with van der Waals surface area (Å²) in [6, 6.07) is 5.11. The second kappa shape index (κ2) is 4.61. The summed E-state index contributed by atoms with van der Waals surface area (Å²) in [4.78, 5) is 14.1. The minimum atomic E-state index is -0.301. The monoisotopic (exact) mass is 366 g/mol. The Bertz CT molecular complexity index is 796. The molecule has 2 bridgehead atoms. The van der Waals surface area contributed by atoms with E-state index in [1.165, 1.54) is 6.07 Å². The molecule has 3 unspecified atom stereocenters. The smallest absolute Gasteiger partial charge is 0.311 e. The van der Waals surface area contributed by atoms with Crippen LogP contribution in [0.15, 0.2) is 29.6 Å². The zero-order chi connectivity index (χ0) is 16.8. The van der Waals surface area contributed by atoms with Crippen LogP contribution in [0.25, 0.3) is 0 Å². The summed E-state index contributed by atoms with van der Waals surface area (Å²) in [6.45, 7) is 2.17. The standard InChI is InChI=1S/C17H16ClFN2O2S/c1-2-23-11(22)6-10-14-12-13-15(21(14)16(24)20-10)17(12,13)7-3-8(18)5-9(19)4-7/h3-5,12-13,15-16,20,24H,2,6H2,1H3/t12-,13?,15?,16?,17+/m0/s1. The van der Waals surface area contributed by atoms with Crippen molar-refractivity contribution in [2.24, 2.45) is 11.8 Å². The first-order valence-electron chi connectivity index (χ1n) is 8.08. The van der Waals surface area contributed by atoms with Crippen LogP contribution in [0.5, 0.6) is 0 Å². The van der Waals surface area contributed by atoms with E-state index >= 15 is 0 Å². The van der Waals surface area contributed by atoms with E-state index in [0.717, 1.165) is 17.0 Å². The van der Waals surface area contributed by atoms with Crippen LogP contribution >= 0.6 is 24.2 Å². The molecule has 24 heavy (non-hydrogen) atoms. The third kappa shape index (κ3) is 1.63. The molecule has 0 radical (unpaired) electrons. The number of benzene rings is 1. The minimum Gasteiger partial charge on any atom is -0.466 e. The summed E-state index contributed by atoms with van der Waals surface area (Å²) in [5, 5.41) is 3.71. The van der Waals surface area contributed by atoms with Crippen molar-refractivity contribution in [3.05, 3.63) is 46.0 Å². The van der Waals surface area contributed by atoms with E-state index in [-0.39, 0.29) is 29.1 Å². The molecule has 5 atom stereocenters. The zero-order valence-corrected chi connectivity index (χ0v) is 14.6. The first kappa shape index (κ1) is 14.9. The average Bonchev–Trinajstić information content (AvgIpc) is 3.19. The minimum absolute atomic E-state index is 0.0376. The molecule has 4 fully saturated rings. The quantitative estimate of drug-likeness (QED) is 0.635. The lowest BCUT2D eigenvalue weighted by Crippen LogP contribution is -2.34. The SMILES string of the molecule is CCOC(=O)CC1=C2[C@@H]3C4C(N2C(S)N1)[C@@]43c1cc(F)cc(Cl)c1. The molecule has 3 aliphatic heterocycles. The van der Waals surface area contributed by atoms with Crippen molar-refractivity contribution in [2.75, 3.05) is 6.61 Å². The number of hydrogen-bond acceptors (Lipinski definition) is 5. The normalized spacial score (nSPS) is 37.1. The Balaban J connectivity index is 1.49. The van der Waals surface area contributed by atoms with E-state index in [1.54, 1.807) is 13.0 Å². The van der Waals surface area contributed by atoms with Crippen LogP contribution in [0.1, 0.15) is 18.9 Å². The van der Waals surface area contributed by atoms with Crippen LogP contribution in [0.2, 0.25) is 5.02 Å². The molecule has 1 aromatic carbocycles. The first-order chi connectivity index (χ1) is 11.5. The van der Waals surface area contributed by atoms with Crippen LogP contribution in [-0.2, 0) is 14.9 Å². The first-order valence-corrected chi connectivity index (χ1v) is 8.97. The highest BCUT2D eigenvalue weighted by Crippen LogP contribution is 2.89. The van der Waals surface area contributed by atoms with Gasteiger partial charge in [-0.2, -0.15) is 0 Å². The Hall–Kier alpha value is -1.40. The molecule has 5 aliphatic rings. The topological polar surface area (TPSA) is 41.6 Å². The summed E-state index contributed by atoms with van der Waals surface area (Å²) < 4.78 is 18.8. The summed E-state index contributed by atoms with van der Waals surface area (Å²) in [6.07, 6.45) is 0.229. The van der Waals surface area contributed by atoms with Gasteiger partial charge in [-0.25, -0.2) is 4.39 Å². The molecule has 3 heterocycles. The Morgan fingerprint density at radius 3 is 3.00 bits per heavy atom. The summed E-state index contributed by atoms with van der Waals surface area (Å²) in [7, 11) is 0. The predicted molar refractivity (Wildman–Crippen MR) is 89.9 cm³/mol.